The third-order valence-electron chi connectivity index (χ3n) is 2.33. The lowest BCUT2D eigenvalue weighted by Crippen LogP contribution is -2.34. The van der Waals surface area contributed by atoms with Gasteiger partial charge in [-0.2, -0.15) is 0 Å². The highest BCUT2D eigenvalue weighted by Gasteiger charge is 2.19. The fourth-order valence-corrected chi connectivity index (χ4v) is 3.16. The van der Waals surface area contributed by atoms with Crippen LogP contribution < -0.4 is 5.32 Å². The molecule has 1 radical (unpaired) electrons. The van der Waals surface area contributed by atoms with Gasteiger partial charge in [0.05, 0.1) is 0 Å². The van der Waals surface area contributed by atoms with Crippen LogP contribution in [0.15, 0.2) is 0 Å². The Bertz CT molecular complexity index is 235. The van der Waals surface area contributed by atoms with E-state index in [0.717, 1.165) is 12.5 Å². The maximum absolute atomic E-state index is 11.6. The number of carbonyl (C=O) groups excluding carboxylic acids is 1. The Kier molecular flexibility index (Phi) is 10.2. The van der Waals surface area contributed by atoms with Crippen LogP contribution in [0.3, 0.4) is 0 Å². The summed E-state index contributed by atoms with van der Waals surface area (Å²) < 4.78 is 11.5. The van der Waals surface area contributed by atoms with E-state index in [9.17, 15) is 4.79 Å². The molecule has 0 bridgehead atoms. The Hall–Kier alpha value is -0.393. The van der Waals surface area contributed by atoms with Gasteiger partial charge < -0.3 is 14.2 Å². The van der Waals surface area contributed by atoms with Crippen LogP contribution in [0.2, 0.25) is 6.04 Å². The van der Waals surface area contributed by atoms with Gasteiger partial charge in [0, 0.05) is 31.2 Å². The summed E-state index contributed by atoms with van der Waals surface area (Å²) in [5.74, 6) is 0.697. The van der Waals surface area contributed by atoms with Crippen LogP contribution in [-0.4, -0.2) is 33.9 Å². The minimum absolute atomic E-state index is 0.129. The molecule has 5 heteroatoms. The first-order valence-corrected chi connectivity index (χ1v) is 8.79. The van der Waals surface area contributed by atoms with E-state index in [4.69, 9.17) is 8.85 Å². The molecule has 0 aliphatic rings. The summed E-state index contributed by atoms with van der Waals surface area (Å²) in [4.78, 5) is 11.6. The van der Waals surface area contributed by atoms with Gasteiger partial charge in [0.1, 0.15) is 0 Å². The van der Waals surface area contributed by atoms with Crippen molar-refractivity contribution in [2.24, 2.45) is 5.92 Å². The molecule has 1 N–H and O–H groups in total. The minimum Gasteiger partial charge on any atom is -0.391 e. The molecule has 0 saturated carbocycles. The van der Waals surface area contributed by atoms with Crippen molar-refractivity contribution in [3.05, 3.63) is 0 Å². The standard InChI is InChI=1S/C14H30NO3Si/c1-11(2)7-8-14(16)15-9-10-19(17-12(3)4)18-13(5)6/h11-13H,7-10H2,1-6H3,(H,15,16). The topological polar surface area (TPSA) is 47.6 Å². The molecule has 113 valence electrons. The van der Waals surface area contributed by atoms with E-state index in [2.05, 4.69) is 19.2 Å². The Labute approximate surface area is 120 Å². The molecule has 0 aromatic carbocycles. The van der Waals surface area contributed by atoms with Crippen molar-refractivity contribution in [2.45, 2.75) is 72.6 Å². The zero-order valence-electron chi connectivity index (χ0n) is 13.3. The molecule has 1 amide bonds. The lowest BCUT2D eigenvalue weighted by atomic mass is 10.1. The lowest BCUT2D eigenvalue weighted by molar-refractivity contribution is -0.121. The number of hydrogen-bond donors (Lipinski definition) is 1. The smallest absolute Gasteiger partial charge is 0.386 e. The number of hydrogen-bond acceptors (Lipinski definition) is 3. The van der Waals surface area contributed by atoms with Gasteiger partial charge in [-0.15, -0.1) is 0 Å². The molecule has 0 aliphatic heterocycles. The van der Waals surface area contributed by atoms with Crippen LogP contribution >= 0.6 is 0 Å². The monoisotopic (exact) mass is 288 g/mol. The molecular weight excluding hydrogens is 258 g/mol. The van der Waals surface area contributed by atoms with Gasteiger partial charge in [-0.3, -0.25) is 4.79 Å². The highest BCUT2D eigenvalue weighted by molar-refractivity contribution is 6.44. The summed E-state index contributed by atoms with van der Waals surface area (Å²) in [5.41, 5.74) is 0. The molecule has 0 aliphatic carbocycles. The highest BCUT2D eigenvalue weighted by Crippen LogP contribution is 2.05. The average Bonchev–Trinajstić information content (AvgIpc) is 2.24. The van der Waals surface area contributed by atoms with Crippen molar-refractivity contribution >= 4 is 15.2 Å². The van der Waals surface area contributed by atoms with Crippen LogP contribution in [0.1, 0.15) is 54.4 Å². The van der Waals surface area contributed by atoms with E-state index in [-0.39, 0.29) is 18.1 Å². The molecule has 0 spiro atoms. The molecule has 0 aromatic heterocycles. The first kappa shape index (κ1) is 18.6. The summed E-state index contributed by atoms with van der Waals surface area (Å²) in [6.45, 7) is 12.9. The quantitative estimate of drug-likeness (QED) is 0.629. The Balaban J connectivity index is 3.87. The van der Waals surface area contributed by atoms with Gasteiger partial charge >= 0.3 is 9.28 Å². The molecule has 0 aromatic rings. The van der Waals surface area contributed by atoms with Crippen molar-refractivity contribution in [3.8, 4) is 0 Å². The molecule has 0 fully saturated rings. The zero-order chi connectivity index (χ0) is 14.8. The van der Waals surface area contributed by atoms with Gasteiger partial charge in [0.25, 0.3) is 0 Å². The van der Waals surface area contributed by atoms with E-state index in [1.165, 1.54) is 0 Å². The Morgan fingerprint density at radius 3 is 2.00 bits per heavy atom. The first-order chi connectivity index (χ1) is 8.81. The maximum Gasteiger partial charge on any atom is 0.386 e. The van der Waals surface area contributed by atoms with Crippen LogP contribution in [-0.2, 0) is 13.6 Å². The van der Waals surface area contributed by atoms with Gasteiger partial charge in [-0.05, 0) is 40.0 Å². The summed E-state index contributed by atoms with van der Waals surface area (Å²) in [7, 11) is -1.28. The zero-order valence-corrected chi connectivity index (χ0v) is 14.3. The maximum atomic E-state index is 11.6. The first-order valence-electron chi connectivity index (χ1n) is 7.27. The fourth-order valence-electron chi connectivity index (χ4n) is 1.48. The fraction of sp³-hybridized carbons (Fsp3) is 0.929. The van der Waals surface area contributed by atoms with Crippen molar-refractivity contribution < 1.29 is 13.6 Å². The number of rotatable bonds is 10. The normalized spacial score (nSPS) is 11.9. The van der Waals surface area contributed by atoms with E-state index in [1.807, 2.05) is 27.7 Å². The van der Waals surface area contributed by atoms with Gasteiger partial charge in [0.2, 0.25) is 5.91 Å². The number of nitrogens with one attached hydrogen (secondary N) is 1. The van der Waals surface area contributed by atoms with Crippen molar-refractivity contribution in [1.29, 1.82) is 0 Å². The second kappa shape index (κ2) is 10.4. The van der Waals surface area contributed by atoms with E-state index >= 15 is 0 Å². The van der Waals surface area contributed by atoms with Gasteiger partial charge in [0.15, 0.2) is 0 Å². The van der Waals surface area contributed by atoms with Crippen LogP contribution in [0.4, 0.5) is 0 Å². The third kappa shape index (κ3) is 12.4. The molecule has 4 nitrogen and oxygen atoms in total. The second-order valence-corrected chi connectivity index (χ2v) is 7.45. The van der Waals surface area contributed by atoms with Crippen molar-refractivity contribution in [1.82, 2.24) is 5.32 Å². The van der Waals surface area contributed by atoms with Gasteiger partial charge in [-0.25, -0.2) is 0 Å². The summed E-state index contributed by atoms with van der Waals surface area (Å²) in [6, 6.07) is 0.786. The molecule has 0 saturated heterocycles. The largest absolute Gasteiger partial charge is 0.391 e. The summed E-state index contributed by atoms with van der Waals surface area (Å²) in [6.07, 6.45) is 1.89. The second-order valence-electron chi connectivity index (χ2n) is 5.74. The molecule has 0 heterocycles. The van der Waals surface area contributed by atoms with E-state index in [0.29, 0.717) is 18.9 Å². The van der Waals surface area contributed by atoms with Crippen molar-refractivity contribution in [2.75, 3.05) is 6.54 Å². The third-order valence-corrected chi connectivity index (χ3v) is 4.46. The number of amides is 1. The average molecular weight is 288 g/mol. The minimum atomic E-state index is -1.28. The molecule has 0 atom stereocenters. The SMILES string of the molecule is CC(C)CCC(=O)NCC[Si](OC(C)C)OC(C)C. The van der Waals surface area contributed by atoms with Gasteiger partial charge in [-0.1, -0.05) is 13.8 Å². The molecule has 0 rings (SSSR count). The highest BCUT2D eigenvalue weighted by atomic mass is 28.3. The predicted molar refractivity (Wildman–Crippen MR) is 80.1 cm³/mol. The molecule has 0 unspecified atom stereocenters. The molecule has 19 heavy (non-hydrogen) atoms. The van der Waals surface area contributed by atoms with Crippen LogP contribution in [0.25, 0.3) is 0 Å². The summed E-state index contributed by atoms with van der Waals surface area (Å²) in [5, 5.41) is 2.94. The van der Waals surface area contributed by atoms with E-state index in [1.54, 1.807) is 0 Å². The molecular formula is C14H30NO3Si. The van der Waals surface area contributed by atoms with Crippen LogP contribution in [0.5, 0.6) is 0 Å². The van der Waals surface area contributed by atoms with Crippen molar-refractivity contribution in [3.63, 3.8) is 0 Å². The van der Waals surface area contributed by atoms with E-state index < -0.39 is 9.28 Å². The Morgan fingerprint density at radius 1 is 1.05 bits per heavy atom. The predicted octanol–water partition coefficient (Wildman–Crippen LogP) is 2.88. The Morgan fingerprint density at radius 2 is 1.58 bits per heavy atom. The number of carbonyl (C=O) groups is 1. The lowest BCUT2D eigenvalue weighted by Gasteiger charge is -2.20. The summed E-state index contributed by atoms with van der Waals surface area (Å²) >= 11 is 0. The van der Waals surface area contributed by atoms with Crippen LogP contribution in [0, 0.1) is 5.92 Å².